The second kappa shape index (κ2) is 10.1. The maximum Gasteiger partial charge on any atom is 0.230 e. The molecule has 0 bridgehead atoms. The van der Waals surface area contributed by atoms with E-state index in [4.69, 9.17) is 14.2 Å². The highest BCUT2D eigenvalue weighted by Crippen LogP contribution is 2.36. The summed E-state index contributed by atoms with van der Waals surface area (Å²) >= 11 is 1.33. The van der Waals surface area contributed by atoms with Crippen LogP contribution in [0.2, 0.25) is 0 Å². The number of benzene rings is 1. The number of hydrogen-bond donors (Lipinski definition) is 1. The second-order valence-electron chi connectivity index (χ2n) is 6.09. The van der Waals surface area contributed by atoms with Gasteiger partial charge in [-0.05, 0) is 18.6 Å². The number of amides is 1. The van der Waals surface area contributed by atoms with Crippen LogP contribution < -0.4 is 14.8 Å². The van der Waals surface area contributed by atoms with Crippen molar-refractivity contribution in [2.24, 2.45) is 0 Å². The lowest BCUT2D eigenvalue weighted by atomic mass is 10.2. The zero-order valence-electron chi connectivity index (χ0n) is 15.8. The Bertz CT molecular complexity index is 811. The van der Waals surface area contributed by atoms with Crippen LogP contribution in [-0.2, 0) is 16.1 Å². The molecule has 1 amide bonds. The third-order valence-corrected chi connectivity index (χ3v) is 5.00. The quantitative estimate of drug-likeness (QED) is 0.369. The van der Waals surface area contributed by atoms with Gasteiger partial charge < -0.3 is 19.5 Å². The smallest absolute Gasteiger partial charge is 0.230 e. The molecule has 1 atom stereocenters. The van der Waals surface area contributed by atoms with Gasteiger partial charge in [0.2, 0.25) is 5.91 Å². The Labute approximate surface area is 168 Å². The molecule has 0 unspecified atom stereocenters. The van der Waals surface area contributed by atoms with Gasteiger partial charge in [0.05, 0.1) is 5.75 Å². The predicted octanol–water partition coefficient (Wildman–Crippen LogP) is 2.22. The summed E-state index contributed by atoms with van der Waals surface area (Å²) in [6, 6.07) is 7.52. The molecule has 2 heterocycles. The number of fused-ring (bicyclic) bond motifs is 1. The van der Waals surface area contributed by atoms with Gasteiger partial charge in [0.25, 0.3) is 0 Å². The Morgan fingerprint density at radius 3 is 3.04 bits per heavy atom. The molecule has 1 aromatic carbocycles. The average Bonchev–Trinajstić information content (AvgIpc) is 3.12. The van der Waals surface area contributed by atoms with Crippen molar-refractivity contribution in [3.8, 4) is 11.5 Å². The lowest BCUT2D eigenvalue weighted by Crippen LogP contribution is -2.27. The van der Waals surface area contributed by atoms with Gasteiger partial charge in [-0.3, -0.25) is 9.36 Å². The Kier molecular flexibility index (Phi) is 7.32. The van der Waals surface area contributed by atoms with Gasteiger partial charge in [-0.25, -0.2) is 0 Å². The zero-order valence-corrected chi connectivity index (χ0v) is 16.6. The third-order valence-electron chi connectivity index (χ3n) is 4.03. The molecular weight excluding hydrogens is 380 g/mol. The number of carbonyl (C=O) groups excluding carboxylic acids is 1. The third kappa shape index (κ3) is 5.05. The summed E-state index contributed by atoms with van der Waals surface area (Å²) in [5.74, 6) is 2.25. The number of hydrogen-bond acceptors (Lipinski definition) is 7. The first-order chi connectivity index (χ1) is 13.7. The molecule has 28 heavy (non-hydrogen) atoms. The molecule has 150 valence electrons. The average molecular weight is 404 g/mol. The molecule has 1 aliphatic rings. The largest absolute Gasteiger partial charge is 0.485 e. The summed E-state index contributed by atoms with van der Waals surface area (Å²) in [6.07, 6.45) is 2.17. The number of nitrogens with zero attached hydrogens (tertiary/aromatic N) is 3. The van der Waals surface area contributed by atoms with E-state index in [1.165, 1.54) is 11.8 Å². The van der Waals surface area contributed by atoms with E-state index in [0.29, 0.717) is 48.8 Å². The number of thioether (sulfide) groups is 1. The van der Waals surface area contributed by atoms with Crippen molar-refractivity contribution in [3.63, 3.8) is 0 Å². The number of ether oxygens (including phenoxy) is 3. The highest BCUT2D eigenvalue weighted by Gasteiger charge is 2.28. The van der Waals surface area contributed by atoms with Gasteiger partial charge in [-0.1, -0.05) is 30.0 Å². The molecule has 1 aromatic heterocycles. The number of methoxy groups -OCH3 is 1. The van der Waals surface area contributed by atoms with Crippen LogP contribution in [0.3, 0.4) is 0 Å². The number of para-hydroxylation sites is 2. The fourth-order valence-corrected chi connectivity index (χ4v) is 3.50. The van der Waals surface area contributed by atoms with Crippen molar-refractivity contribution in [2.45, 2.75) is 24.2 Å². The molecule has 3 rings (SSSR count). The lowest BCUT2D eigenvalue weighted by Gasteiger charge is -2.26. The van der Waals surface area contributed by atoms with Crippen molar-refractivity contribution in [2.75, 3.05) is 32.6 Å². The molecule has 0 aliphatic carbocycles. The van der Waals surface area contributed by atoms with E-state index in [-0.39, 0.29) is 17.8 Å². The maximum atomic E-state index is 12.0. The summed E-state index contributed by atoms with van der Waals surface area (Å²) in [7, 11) is 1.64. The minimum Gasteiger partial charge on any atom is -0.485 e. The van der Waals surface area contributed by atoms with E-state index >= 15 is 0 Å². The number of aromatic nitrogens is 3. The minimum atomic E-state index is -0.375. The first-order valence-corrected chi connectivity index (χ1v) is 10.0. The Morgan fingerprint density at radius 1 is 1.43 bits per heavy atom. The molecule has 0 saturated heterocycles. The topological polar surface area (TPSA) is 87.5 Å². The van der Waals surface area contributed by atoms with Crippen molar-refractivity contribution in [1.29, 1.82) is 0 Å². The number of allylic oxidation sites excluding steroid dienone is 1. The number of carbonyl (C=O) groups is 1. The maximum absolute atomic E-state index is 12.0. The second-order valence-corrected chi connectivity index (χ2v) is 7.03. The molecule has 0 spiro atoms. The molecule has 8 nitrogen and oxygen atoms in total. The normalized spacial score (nSPS) is 15.2. The van der Waals surface area contributed by atoms with Gasteiger partial charge >= 0.3 is 0 Å². The fourth-order valence-electron chi connectivity index (χ4n) is 2.72. The fraction of sp³-hybridized carbons (Fsp3) is 0.421. The monoisotopic (exact) mass is 404 g/mol. The van der Waals surface area contributed by atoms with Crippen LogP contribution in [0.5, 0.6) is 11.5 Å². The number of nitrogens with one attached hydrogen (secondary N) is 1. The van der Waals surface area contributed by atoms with Crippen molar-refractivity contribution in [3.05, 3.63) is 42.7 Å². The predicted molar refractivity (Wildman–Crippen MR) is 106 cm³/mol. The van der Waals surface area contributed by atoms with Gasteiger partial charge in [-0.2, -0.15) is 0 Å². The summed E-state index contributed by atoms with van der Waals surface area (Å²) in [4.78, 5) is 12.0. The minimum absolute atomic E-state index is 0.0537. The van der Waals surface area contributed by atoms with E-state index in [1.807, 2.05) is 28.8 Å². The zero-order chi connectivity index (χ0) is 19.8. The summed E-state index contributed by atoms with van der Waals surface area (Å²) in [5.41, 5.74) is 0. The first kappa shape index (κ1) is 20.2. The molecule has 1 N–H and O–H groups in total. The van der Waals surface area contributed by atoms with Gasteiger partial charge in [0, 0.05) is 26.8 Å². The SMILES string of the molecule is C=CCn1c(SCC(=O)NCCCOC)nnc1[C@H]1COc2ccccc2O1. The van der Waals surface area contributed by atoms with Crippen LogP contribution in [0, 0.1) is 0 Å². The number of rotatable bonds is 10. The van der Waals surface area contributed by atoms with Crippen LogP contribution in [0.25, 0.3) is 0 Å². The van der Waals surface area contributed by atoms with Crippen molar-refractivity contribution >= 4 is 17.7 Å². The van der Waals surface area contributed by atoms with Gasteiger partial charge in [0.15, 0.2) is 28.6 Å². The van der Waals surface area contributed by atoms with Crippen LogP contribution in [-0.4, -0.2) is 53.3 Å². The summed E-state index contributed by atoms with van der Waals surface area (Å²) in [5, 5.41) is 12.0. The van der Waals surface area contributed by atoms with E-state index < -0.39 is 0 Å². The van der Waals surface area contributed by atoms with Crippen molar-refractivity contribution in [1.82, 2.24) is 20.1 Å². The van der Waals surface area contributed by atoms with E-state index in [9.17, 15) is 4.79 Å². The van der Waals surface area contributed by atoms with Crippen LogP contribution in [0.1, 0.15) is 18.3 Å². The van der Waals surface area contributed by atoms with Gasteiger partial charge in [0.1, 0.15) is 6.61 Å². The lowest BCUT2D eigenvalue weighted by molar-refractivity contribution is -0.118. The van der Waals surface area contributed by atoms with Crippen molar-refractivity contribution < 1.29 is 19.0 Å². The van der Waals surface area contributed by atoms with Crippen LogP contribution >= 0.6 is 11.8 Å². The van der Waals surface area contributed by atoms with Crippen LogP contribution in [0.15, 0.2) is 42.1 Å². The Hall–Kier alpha value is -2.52. The van der Waals surface area contributed by atoms with Gasteiger partial charge in [-0.15, -0.1) is 16.8 Å². The summed E-state index contributed by atoms with van der Waals surface area (Å²) < 4.78 is 18.7. The van der Waals surface area contributed by atoms with E-state index in [0.717, 1.165) is 6.42 Å². The molecule has 1 aliphatic heterocycles. The molecule has 0 radical (unpaired) electrons. The molecule has 0 fully saturated rings. The standard InChI is InChI=1S/C19H24N4O4S/c1-3-10-23-18(16-12-26-14-7-4-5-8-15(14)27-16)21-22-19(23)28-13-17(24)20-9-6-11-25-2/h3-5,7-8,16H,1,6,9-13H2,2H3,(H,20,24)/t16-/m1/s1. The molecular formula is C19H24N4O4S. The Balaban J connectivity index is 1.64. The molecule has 0 saturated carbocycles. The van der Waals surface area contributed by atoms with Crippen LogP contribution in [0.4, 0.5) is 0 Å². The highest BCUT2D eigenvalue weighted by molar-refractivity contribution is 7.99. The first-order valence-electron chi connectivity index (χ1n) is 9.04. The van der Waals surface area contributed by atoms with E-state index in [1.54, 1.807) is 13.2 Å². The molecule has 2 aromatic rings. The highest BCUT2D eigenvalue weighted by atomic mass is 32.2. The molecule has 9 heteroatoms. The Morgan fingerprint density at radius 2 is 2.25 bits per heavy atom. The van der Waals surface area contributed by atoms with E-state index in [2.05, 4.69) is 22.1 Å². The summed E-state index contributed by atoms with van der Waals surface area (Å²) in [6.45, 7) is 5.87.